The lowest BCUT2D eigenvalue weighted by Gasteiger charge is -2.38. The summed E-state index contributed by atoms with van der Waals surface area (Å²) < 4.78 is 28.6. The maximum absolute atomic E-state index is 13.4. The molecule has 4 rings (SSSR count). The van der Waals surface area contributed by atoms with Crippen LogP contribution in [0.15, 0.2) is 76.3 Å². The first kappa shape index (κ1) is 22.8. The Kier molecular flexibility index (Phi) is 7.15. The van der Waals surface area contributed by atoms with Crippen LogP contribution in [0, 0.1) is 0 Å². The highest BCUT2D eigenvalue weighted by Gasteiger charge is 2.32. The molecule has 0 spiro atoms. The Morgan fingerprint density at radius 3 is 2.31 bits per heavy atom. The number of thiophene rings is 1. The number of hydrogen-bond acceptors (Lipinski definition) is 5. The standard InChI is InChI=1S/C23H24ClN3O3S2/c24-19-9-4-5-10-21(19)26-12-14-27(15-13-26)23(28)20(17-18-7-2-1-3-8-18)25-32(29,30)22-11-6-16-31-22/h1-11,16,20,25H,12-15,17H2. The summed E-state index contributed by atoms with van der Waals surface area (Å²) in [6.07, 6.45) is 0.287. The van der Waals surface area contributed by atoms with Crippen LogP contribution in [0.2, 0.25) is 5.02 Å². The fraction of sp³-hybridized carbons (Fsp3) is 0.261. The van der Waals surface area contributed by atoms with Crippen molar-refractivity contribution < 1.29 is 13.2 Å². The van der Waals surface area contributed by atoms with Gasteiger partial charge in [0.1, 0.15) is 10.3 Å². The highest BCUT2D eigenvalue weighted by Crippen LogP contribution is 2.26. The summed E-state index contributed by atoms with van der Waals surface area (Å²) in [7, 11) is -3.79. The van der Waals surface area contributed by atoms with Gasteiger partial charge in [0.15, 0.2) is 0 Å². The van der Waals surface area contributed by atoms with Gasteiger partial charge in [-0.1, -0.05) is 60.1 Å². The monoisotopic (exact) mass is 489 g/mol. The Labute approximate surface area is 197 Å². The van der Waals surface area contributed by atoms with Crippen molar-refractivity contribution in [1.82, 2.24) is 9.62 Å². The summed E-state index contributed by atoms with van der Waals surface area (Å²) in [5.74, 6) is -0.215. The number of hydrogen-bond donors (Lipinski definition) is 1. The summed E-state index contributed by atoms with van der Waals surface area (Å²) in [6, 6.07) is 19.4. The van der Waals surface area contributed by atoms with E-state index in [1.54, 1.807) is 22.4 Å². The molecule has 168 valence electrons. The molecule has 1 aromatic heterocycles. The van der Waals surface area contributed by atoms with Crippen molar-refractivity contribution in [2.45, 2.75) is 16.7 Å². The molecule has 1 atom stereocenters. The number of para-hydroxylation sites is 1. The molecule has 2 heterocycles. The fourth-order valence-corrected chi connectivity index (χ4v) is 6.24. The number of piperazine rings is 1. The van der Waals surface area contributed by atoms with Crippen LogP contribution >= 0.6 is 22.9 Å². The van der Waals surface area contributed by atoms with Crippen LogP contribution in [-0.4, -0.2) is 51.4 Å². The number of benzene rings is 2. The van der Waals surface area contributed by atoms with Crippen molar-refractivity contribution in [3.63, 3.8) is 0 Å². The number of sulfonamides is 1. The van der Waals surface area contributed by atoms with Crippen LogP contribution in [-0.2, 0) is 21.2 Å². The Bertz CT molecular complexity index is 1150. The highest BCUT2D eigenvalue weighted by molar-refractivity contribution is 7.91. The van der Waals surface area contributed by atoms with Crippen LogP contribution < -0.4 is 9.62 Å². The molecule has 0 saturated carbocycles. The lowest BCUT2D eigenvalue weighted by atomic mass is 10.1. The van der Waals surface area contributed by atoms with E-state index in [-0.39, 0.29) is 16.5 Å². The van der Waals surface area contributed by atoms with Gasteiger partial charge in [0.2, 0.25) is 5.91 Å². The van der Waals surface area contributed by atoms with Crippen molar-refractivity contribution in [1.29, 1.82) is 0 Å². The summed E-state index contributed by atoms with van der Waals surface area (Å²) >= 11 is 7.45. The number of rotatable bonds is 7. The summed E-state index contributed by atoms with van der Waals surface area (Å²) in [5.41, 5.74) is 1.84. The third-order valence-corrected chi connectivity index (χ3v) is 8.61. The predicted octanol–water partition coefficient (Wildman–Crippen LogP) is 3.64. The quantitative estimate of drug-likeness (QED) is 0.550. The number of carbonyl (C=O) groups is 1. The van der Waals surface area contributed by atoms with Gasteiger partial charge in [-0.2, -0.15) is 4.72 Å². The van der Waals surface area contributed by atoms with Gasteiger partial charge < -0.3 is 9.80 Å². The third-order valence-electron chi connectivity index (χ3n) is 5.42. The number of carbonyl (C=O) groups excluding carboxylic acids is 1. The molecule has 9 heteroatoms. The zero-order valence-electron chi connectivity index (χ0n) is 17.4. The minimum Gasteiger partial charge on any atom is -0.367 e. The summed E-state index contributed by atoms with van der Waals surface area (Å²) in [5, 5.41) is 2.38. The minimum atomic E-state index is -3.79. The molecular weight excluding hydrogens is 466 g/mol. The van der Waals surface area contributed by atoms with E-state index in [2.05, 4.69) is 9.62 Å². The lowest BCUT2D eigenvalue weighted by Crippen LogP contribution is -2.55. The van der Waals surface area contributed by atoms with Gasteiger partial charge in [-0.3, -0.25) is 4.79 Å². The first-order valence-corrected chi connectivity index (χ1v) is 13.1. The van der Waals surface area contributed by atoms with Crippen LogP contribution in [0.3, 0.4) is 0 Å². The number of nitrogens with zero attached hydrogens (tertiary/aromatic N) is 2. The van der Waals surface area contributed by atoms with Crippen LogP contribution in [0.4, 0.5) is 5.69 Å². The van der Waals surface area contributed by atoms with E-state index < -0.39 is 16.1 Å². The van der Waals surface area contributed by atoms with E-state index in [0.717, 1.165) is 22.6 Å². The van der Waals surface area contributed by atoms with Gasteiger partial charge in [0.25, 0.3) is 10.0 Å². The molecule has 0 aliphatic carbocycles. The highest BCUT2D eigenvalue weighted by atomic mass is 35.5. The number of nitrogens with one attached hydrogen (secondary N) is 1. The predicted molar refractivity (Wildman–Crippen MR) is 129 cm³/mol. The number of amides is 1. The van der Waals surface area contributed by atoms with Crippen molar-refractivity contribution in [3.8, 4) is 0 Å². The molecule has 0 bridgehead atoms. The second-order valence-corrected chi connectivity index (χ2v) is 10.9. The summed E-state index contributed by atoms with van der Waals surface area (Å²) in [6.45, 7) is 2.25. The fourth-order valence-electron chi connectivity index (χ4n) is 3.79. The average Bonchev–Trinajstić information content (AvgIpc) is 3.36. The Hall–Kier alpha value is -2.39. The van der Waals surface area contributed by atoms with E-state index in [9.17, 15) is 13.2 Å². The minimum absolute atomic E-state index is 0.201. The third kappa shape index (κ3) is 5.32. The Morgan fingerprint density at radius 1 is 0.969 bits per heavy atom. The van der Waals surface area contributed by atoms with Gasteiger partial charge in [0.05, 0.1) is 10.7 Å². The number of halogens is 1. The van der Waals surface area contributed by atoms with Crippen LogP contribution in [0.1, 0.15) is 5.56 Å². The second kappa shape index (κ2) is 10.0. The normalized spacial score (nSPS) is 15.5. The Balaban J connectivity index is 1.49. The molecule has 1 aliphatic heterocycles. The molecule has 32 heavy (non-hydrogen) atoms. The van der Waals surface area contributed by atoms with Gasteiger partial charge in [0, 0.05) is 26.2 Å². The first-order chi connectivity index (χ1) is 15.4. The van der Waals surface area contributed by atoms with E-state index in [1.807, 2.05) is 54.6 Å². The molecule has 1 saturated heterocycles. The van der Waals surface area contributed by atoms with Crippen molar-refractivity contribution in [3.05, 3.63) is 82.7 Å². The van der Waals surface area contributed by atoms with Gasteiger partial charge in [-0.25, -0.2) is 8.42 Å². The maximum atomic E-state index is 13.4. The number of anilines is 1. The van der Waals surface area contributed by atoms with E-state index >= 15 is 0 Å². The van der Waals surface area contributed by atoms with Crippen molar-refractivity contribution in [2.24, 2.45) is 0 Å². The molecular formula is C23H24ClN3O3S2. The molecule has 1 aliphatic rings. The van der Waals surface area contributed by atoms with E-state index in [1.165, 1.54) is 0 Å². The smallest absolute Gasteiger partial charge is 0.250 e. The zero-order chi connectivity index (χ0) is 22.6. The molecule has 1 fully saturated rings. The van der Waals surface area contributed by atoms with Crippen molar-refractivity contribution >= 4 is 44.6 Å². The van der Waals surface area contributed by atoms with Crippen LogP contribution in [0.25, 0.3) is 0 Å². The molecule has 1 N–H and O–H groups in total. The van der Waals surface area contributed by atoms with Gasteiger partial charge in [-0.05, 0) is 35.6 Å². The van der Waals surface area contributed by atoms with Gasteiger partial charge >= 0.3 is 0 Å². The lowest BCUT2D eigenvalue weighted by molar-refractivity contribution is -0.133. The SMILES string of the molecule is O=C(C(Cc1ccccc1)NS(=O)(=O)c1cccs1)N1CCN(c2ccccc2Cl)CC1. The second-order valence-electron chi connectivity index (χ2n) is 7.56. The van der Waals surface area contributed by atoms with Crippen molar-refractivity contribution in [2.75, 3.05) is 31.1 Å². The molecule has 6 nitrogen and oxygen atoms in total. The van der Waals surface area contributed by atoms with E-state index in [0.29, 0.717) is 31.2 Å². The van der Waals surface area contributed by atoms with Gasteiger partial charge in [-0.15, -0.1) is 11.3 Å². The maximum Gasteiger partial charge on any atom is 0.250 e. The molecule has 0 radical (unpaired) electrons. The largest absolute Gasteiger partial charge is 0.367 e. The summed E-state index contributed by atoms with van der Waals surface area (Å²) in [4.78, 5) is 17.3. The molecule has 3 aromatic rings. The average molecular weight is 490 g/mol. The Morgan fingerprint density at radius 2 is 1.66 bits per heavy atom. The topological polar surface area (TPSA) is 69.7 Å². The molecule has 1 amide bonds. The first-order valence-electron chi connectivity index (χ1n) is 10.3. The molecule has 2 aromatic carbocycles. The zero-order valence-corrected chi connectivity index (χ0v) is 19.7. The van der Waals surface area contributed by atoms with E-state index in [4.69, 9.17) is 11.6 Å². The molecule has 1 unspecified atom stereocenters. The van der Waals surface area contributed by atoms with Crippen LogP contribution in [0.5, 0.6) is 0 Å².